The van der Waals surface area contributed by atoms with Gasteiger partial charge in [0.2, 0.25) is 5.95 Å². The number of aliphatic hydroxyl groups excluding tert-OH is 1. The number of rotatable bonds is 5. The summed E-state index contributed by atoms with van der Waals surface area (Å²) in [5, 5.41) is 13.2. The maximum Gasteiger partial charge on any atom is 0.228 e. The molecule has 1 aliphatic carbocycles. The molecule has 6 rings (SSSR count). The Balaban J connectivity index is 1.31. The molecule has 4 aliphatic rings. The van der Waals surface area contributed by atoms with Crippen LogP contribution in [0.15, 0.2) is 29.2 Å². The van der Waals surface area contributed by atoms with Gasteiger partial charge in [-0.25, -0.2) is 4.98 Å². The van der Waals surface area contributed by atoms with Crippen LogP contribution in [0.1, 0.15) is 36.9 Å². The van der Waals surface area contributed by atoms with Crippen molar-refractivity contribution in [2.24, 2.45) is 0 Å². The molecule has 31 heavy (non-hydrogen) atoms. The van der Waals surface area contributed by atoms with E-state index < -0.39 is 10.8 Å². The summed E-state index contributed by atoms with van der Waals surface area (Å²) in [6.45, 7) is 4.14. The van der Waals surface area contributed by atoms with Crippen LogP contribution >= 0.6 is 0 Å². The maximum absolute atomic E-state index is 12.6. The summed E-state index contributed by atoms with van der Waals surface area (Å²) in [4.78, 5) is 15.5. The first kappa shape index (κ1) is 19.5. The highest BCUT2D eigenvalue weighted by atomic mass is 32.2. The number of aliphatic hydroxyl groups is 1. The Labute approximate surface area is 185 Å². The van der Waals surface area contributed by atoms with Gasteiger partial charge < -0.3 is 20.2 Å². The van der Waals surface area contributed by atoms with E-state index in [1.54, 1.807) is 0 Å². The van der Waals surface area contributed by atoms with Crippen molar-refractivity contribution < 1.29 is 9.32 Å². The average Bonchev–Trinajstić information content (AvgIpc) is 3.37. The molecular weight excluding hydrogens is 410 g/mol. The van der Waals surface area contributed by atoms with E-state index in [4.69, 9.17) is 9.97 Å². The first-order chi connectivity index (χ1) is 15.0. The van der Waals surface area contributed by atoms with Crippen molar-refractivity contribution in [3.05, 3.63) is 35.5 Å². The Hall–Kier alpha value is -2.19. The van der Waals surface area contributed by atoms with E-state index in [0.29, 0.717) is 23.7 Å². The number of fused-ring (bicyclic) bond motifs is 3. The lowest BCUT2D eigenvalue weighted by molar-refractivity contribution is 0.265. The number of nitrogens with one attached hydrogen (secondary N) is 1. The molecule has 1 aromatic carbocycles. The van der Waals surface area contributed by atoms with Crippen LogP contribution in [0, 0.1) is 6.92 Å². The molecule has 7 nitrogen and oxygen atoms in total. The van der Waals surface area contributed by atoms with Gasteiger partial charge in [0.15, 0.2) is 0 Å². The lowest BCUT2D eigenvalue weighted by atomic mass is 10.1. The van der Waals surface area contributed by atoms with Gasteiger partial charge in [-0.2, -0.15) is 4.98 Å². The third-order valence-electron chi connectivity index (χ3n) is 7.33. The average molecular weight is 440 g/mol. The highest BCUT2D eigenvalue weighted by Crippen LogP contribution is 2.42. The van der Waals surface area contributed by atoms with Crippen LogP contribution in [-0.4, -0.2) is 62.4 Å². The van der Waals surface area contributed by atoms with E-state index >= 15 is 0 Å². The van der Waals surface area contributed by atoms with Crippen LogP contribution in [0.2, 0.25) is 0 Å². The lowest BCUT2D eigenvalue weighted by Gasteiger charge is -2.42. The van der Waals surface area contributed by atoms with Crippen molar-refractivity contribution in [1.82, 2.24) is 9.97 Å². The number of nitrogens with zero attached hydrogens (tertiary/aromatic N) is 4. The van der Waals surface area contributed by atoms with Crippen molar-refractivity contribution in [1.29, 1.82) is 0 Å². The maximum atomic E-state index is 12.6. The van der Waals surface area contributed by atoms with Crippen molar-refractivity contribution >= 4 is 28.3 Å². The van der Waals surface area contributed by atoms with E-state index in [2.05, 4.69) is 46.3 Å². The molecule has 8 heteroatoms. The Morgan fingerprint density at radius 1 is 1.16 bits per heavy atom. The van der Waals surface area contributed by atoms with E-state index in [1.807, 2.05) is 0 Å². The van der Waals surface area contributed by atoms with E-state index in [0.717, 1.165) is 61.7 Å². The number of benzene rings is 1. The first-order valence-electron chi connectivity index (χ1n) is 11.3. The minimum Gasteiger partial charge on any atom is -0.394 e. The number of hydrogen-bond acceptors (Lipinski definition) is 7. The molecular formula is C23H29N5O2S. The number of aryl methyl sites for hydroxylation is 2. The minimum atomic E-state index is -1.06. The van der Waals surface area contributed by atoms with Gasteiger partial charge in [0, 0.05) is 43.0 Å². The Morgan fingerprint density at radius 3 is 2.52 bits per heavy atom. The zero-order valence-electron chi connectivity index (χ0n) is 17.9. The van der Waals surface area contributed by atoms with Crippen LogP contribution in [0.4, 0.5) is 17.5 Å². The molecule has 4 heterocycles. The van der Waals surface area contributed by atoms with Gasteiger partial charge in [0.05, 0.1) is 28.6 Å². The molecule has 0 radical (unpaired) electrons. The molecule has 3 atom stereocenters. The van der Waals surface area contributed by atoms with Crippen LogP contribution in [0.3, 0.4) is 0 Å². The first-order valence-corrected chi connectivity index (χ1v) is 12.7. The Morgan fingerprint density at radius 2 is 1.87 bits per heavy atom. The Bertz CT molecular complexity index is 1030. The number of piperazine rings is 1. The van der Waals surface area contributed by atoms with Gasteiger partial charge in [-0.1, -0.05) is 17.7 Å². The monoisotopic (exact) mass is 439 g/mol. The smallest absolute Gasteiger partial charge is 0.228 e. The number of anilines is 3. The second kappa shape index (κ2) is 7.17. The molecule has 3 fully saturated rings. The van der Waals surface area contributed by atoms with Crippen LogP contribution in [0.25, 0.3) is 0 Å². The van der Waals surface area contributed by atoms with E-state index in [1.165, 1.54) is 11.3 Å². The molecule has 1 saturated carbocycles. The van der Waals surface area contributed by atoms with Gasteiger partial charge in [0.1, 0.15) is 10.7 Å². The van der Waals surface area contributed by atoms with Crippen molar-refractivity contribution in [3.63, 3.8) is 0 Å². The van der Waals surface area contributed by atoms with Gasteiger partial charge >= 0.3 is 0 Å². The number of hydrogen-bond donors (Lipinski definition) is 2. The third-order valence-corrected chi connectivity index (χ3v) is 8.79. The second-order valence-corrected chi connectivity index (χ2v) is 11.1. The summed E-state index contributed by atoms with van der Waals surface area (Å²) < 4.78 is 12.6. The summed E-state index contributed by atoms with van der Waals surface area (Å²) in [5.41, 5.74) is 3.19. The van der Waals surface area contributed by atoms with Crippen LogP contribution in [0.5, 0.6) is 0 Å². The lowest BCUT2D eigenvalue weighted by Crippen LogP contribution is -2.54. The van der Waals surface area contributed by atoms with Gasteiger partial charge in [0.25, 0.3) is 0 Å². The fourth-order valence-electron chi connectivity index (χ4n) is 5.30. The van der Waals surface area contributed by atoms with E-state index in [9.17, 15) is 9.32 Å². The predicted octanol–water partition coefficient (Wildman–Crippen LogP) is 2.24. The quantitative estimate of drug-likeness (QED) is 0.739. The Kier molecular flexibility index (Phi) is 4.51. The number of aromatic nitrogens is 2. The predicted molar refractivity (Wildman–Crippen MR) is 122 cm³/mol. The largest absolute Gasteiger partial charge is 0.394 e. The minimum absolute atomic E-state index is 0.0776. The molecule has 2 bridgehead atoms. The zero-order valence-corrected chi connectivity index (χ0v) is 18.7. The summed E-state index contributed by atoms with van der Waals surface area (Å²) in [6, 6.07) is 9.56. The van der Waals surface area contributed by atoms with Gasteiger partial charge in [-0.3, -0.25) is 4.21 Å². The van der Waals surface area contributed by atoms with E-state index in [-0.39, 0.29) is 12.1 Å². The molecule has 2 aromatic rings. The van der Waals surface area contributed by atoms with Crippen LogP contribution in [-0.2, 0) is 17.2 Å². The van der Waals surface area contributed by atoms with Crippen molar-refractivity contribution in [3.8, 4) is 0 Å². The standard InChI is InChI=1S/C23H29N5O2S/c1-15-2-4-16(5-3-15)27-12-17-6-7-18(13-27)28(17)22-24-19-8-11-31(30)20(19)21(25-22)26-23(14-29)9-10-23/h2-5,17-18,29H,6-14H2,1H3,(H,24,25,26). The van der Waals surface area contributed by atoms with Crippen molar-refractivity contribution in [2.45, 2.75) is 61.5 Å². The molecule has 3 unspecified atom stereocenters. The normalized spacial score (nSPS) is 28.0. The third kappa shape index (κ3) is 3.31. The van der Waals surface area contributed by atoms with Crippen LogP contribution < -0.4 is 15.1 Å². The zero-order chi connectivity index (χ0) is 21.2. The molecule has 2 N–H and O–H groups in total. The summed E-state index contributed by atoms with van der Waals surface area (Å²) >= 11 is 0. The fraction of sp³-hybridized carbons (Fsp3) is 0.565. The molecule has 164 valence electrons. The van der Waals surface area contributed by atoms with Gasteiger partial charge in [-0.15, -0.1) is 0 Å². The van der Waals surface area contributed by atoms with Crippen molar-refractivity contribution in [2.75, 3.05) is 40.6 Å². The SMILES string of the molecule is Cc1ccc(N2CC3CCC(C2)N3c2nc3c(c(NC4(CO)CC4)n2)S(=O)CC3)cc1. The summed E-state index contributed by atoms with van der Waals surface area (Å²) in [5.74, 6) is 2.06. The van der Waals surface area contributed by atoms with Gasteiger partial charge in [-0.05, 0) is 44.7 Å². The highest BCUT2D eigenvalue weighted by molar-refractivity contribution is 7.85. The molecule has 0 spiro atoms. The molecule has 3 aliphatic heterocycles. The topological polar surface area (TPSA) is 81.6 Å². The molecule has 2 saturated heterocycles. The molecule has 1 aromatic heterocycles. The summed E-state index contributed by atoms with van der Waals surface area (Å²) in [7, 11) is -1.06. The highest BCUT2D eigenvalue weighted by Gasteiger charge is 2.45. The molecule has 0 amide bonds. The fourth-order valence-corrected chi connectivity index (χ4v) is 6.61. The summed E-state index contributed by atoms with van der Waals surface area (Å²) in [6.07, 6.45) is 4.86. The second-order valence-electron chi connectivity index (χ2n) is 9.54.